The van der Waals surface area contributed by atoms with Crippen LogP contribution in [0.25, 0.3) is 0 Å². The van der Waals surface area contributed by atoms with E-state index in [4.69, 9.17) is 10.5 Å². The normalized spacial score (nSPS) is 17.6. The Kier molecular flexibility index (Phi) is 4.88. The molecule has 20 heavy (non-hydrogen) atoms. The summed E-state index contributed by atoms with van der Waals surface area (Å²) in [4.78, 5) is 0.127. The number of ether oxygens (including phenoxy) is 1. The molecule has 1 aliphatic rings. The number of methoxy groups -OCH3 is 1. The van der Waals surface area contributed by atoms with Gasteiger partial charge in [0.05, 0.1) is 12.8 Å². The summed E-state index contributed by atoms with van der Waals surface area (Å²) in [6.07, 6.45) is 6.31. The fourth-order valence-electron chi connectivity index (χ4n) is 2.58. The van der Waals surface area contributed by atoms with Crippen LogP contribution in [0.1, 0.15) is 38.5 Å². The van der Waals surface area contributed by atoms with Crippen LogP contribution in [0, 0.1) is 0 Å². The molecule has 0 radical (unpaired) electrons. The van der Waals surface area contributed by atoms with Gasteiger partial charge in [-0.25, -0.2) is 13.1 Å². The van der Waals surface area contributed by atoms with E-state index in [1.807, 2.05) is 0 Å². The van der Waals surface area contributed by atoms with Gasteiger partial charge in [0, 0.05) is 12.1 Å². The summed E-state index contributed by atoms with van der Waals surface area (Å²) >= 11 is 0. The second kappa shape index (κ2) is 6.45. The number of benzene rings is 1. The highest BCUT2D eigenvalue weighted by Crippen LogP contribution is 2.25. The highest BCUT2D eigenvalue weighted by atomic mass is 32.2. The molecule has 5 nitrogen and oxygen atoms in total. The fraction of sp³-hybridized carbons (Fsp3) is 0.571. The van der Waals surface area contributed by atoms with E-state index in [2.05, 4.69) is 4.72 Å². The second-order valence-corrected chi connectivity index (χ2v) is 6.90. The zero-order valence-electron chi connectivity index (χ0n) is 11.8. The monoisotopic (exact) mass is 298 g/mol. The first-order valence-corrected chi connectivity index (χ1v) is 8.47. The number of hydrogen-bond acceptors (Lipinski definition) is 4. The summed E-state index contributed by atoms with van der Waals surface area (Å²) < 4.78 is 32.6. The first-order chi connectivity index (χ1) is 9.53. The SMILES string of the molecule is COc1ccc(S(=O)(=O)NC2CCCCCC2)c(N)c1. The summed E-state index contributed by atoms with van der Waals surface area (Å²) in [6, 6.07) is 4.65. The summed E-state index contributed by atoms with van der Waals surface area (Å²) in [5.74, 6) is 0.552. The van der Waals surface area contributed by atoms with Crippen LogP contribution in [0.2, 0.25) is 0 Å². The minimum Gasteiger partial charge on any atom is -0.497 e. The molecule has 1 fully saturated rings. The lowest BCUT2D eigenvalue weighted by Gasteiger charge is -2.17. The van der Waals surface area contributed by atoms with Crippen molar-refractivity contribution in [3.05, 3.63) is 18.2 Å². The van der Waals surface area contributed by atoms with Crippen molar-refractivity contribution in [3.8, 4) is 5.75 Å². The molecule has 0 spiro atoms. The highest BCUT2D eigenvalue weighted by Gasteiger charge is 2.23. The highest BCUT2D eigenvalue weighted by molar-refractivity contribution is 7.89. The Hall–Kier alpha value is -1.27. The third-order valence-electron chi connectivity index (χ3n) is 3.68. The maximum Gasteiger partial charge on any atom is 0.242 e. The van der Waals surface area contributed by atoms with E-state index in [0.717, 1.165) is 25.7 Å². The van der Waals surface area contributed by atoms with Crippen molar-refractivity contribution >= 4 is 15.7 Å². The lowest BCUT2D eigenvalue weighted by Crippen LogP contribution is -2.34. The summed E-state index contributed by atoms with van der Waals surface area (Å²) in [6.45, 7) is 0. The van der Waals surface area contributed by atoms with Gasteiger partial charge in [0.25, 0.3) is 0 Å². The van der Waals surface area contributed by atoms with Crippen LogP contribution in [0.3, 0.4) is 0 Å². The molecule has 0 amide bonds. The largest absolute Gasteiger partial charge is 0.497 e. The van der Waals surface area contributed by atoms with Gasteiger partial charge in [-0.3, -0.25) is 0 Å². The maximum absolute atomic E-state index is 12.4. The van der Waals surface area contributed by atoms with Crippen LogP contribution in [-0.2, 0) is 10.0 Å². The van der Waals surface area contributed by atoms with Gasteiger partial charge in [-0.2, -0.15) is 0 Å². The minimum atomic E-state index is -3.56. The molecule has 1 aromatic carbocycles. The third kappa shape index (κ3) is 3.64. The van der Waals surface area contributed by atoms with Crippen LogP contribution in [0.4, 0.5) is 5.69 Å². The van der Waals surface area contributed by atoms with Gasteiger partial charge in [0.15, 0.2) is 0 Å². The molecule has 2 rings (SSSR count). The van der Waals surface area contributed by atoms with Gasteiger partial charge in [0.1, 0.15) is 10.6 Å². The Morgan fingerprint density at radius 3 is 2.40 bits per heavy atom. The molecule has 0 aromatic heterocycles. The Balaban J connectivity index is 2.17. The Bertz CT molecular complexity index is 550. The summed E-state index contributed by atoms with van der Waals surface area (Å²) in [5, 5.41) is 0. The van der Waals surface area contributed by atoms with Crippen LogP contribution in [0.15, 0.2) is 23.1 Å². The molecule has 0 bridgehead atoms. The molecule has 112 valence electrons. The molecule has 0 heterocycles. The number of rotatable bonds is 4. The van der Waals surface area contributed by atoms with Crippen molar-refractivity contribution in [1.29, 1.82) is 0 Å². The first-order valence-electron chi connectivity index (χ1n) is 6.99. The Morgan fingerprint density at radius 1 is 1.20 bits per heavy atom. The number of hydrogen-bond donors (Lipinski definition) is 2. The molecule has 0 aliphatic heterocycles. The molecule has 6 heteroatoms. The zero-order valence-corrected chi connectivity index (χ0v) is 12.6. The van der Waals surface area contributed by atoms with Crippen molar-refractivity contribution in [3.63, 3.8) is 0 Å². The van der Waals surface area contributed by atoms with Gasteiger partial charge in [-0.1, -0.05) is 25.7 Å². The fourth-order valence-corrected chi connectivity index (χ4v) is 4.00. The molecule has 1 aromatic rings. The molecule has 3 N–H and O–H groups in total. The van der Waals surface area contributed by atoms with Gasteiger partial charge >= 0.3 is 0 Å². The summed E-state index contributed by atoms with van der Waals surface area (Å²) in [7, 11) is -2.04. The van der Waals surface area contributed by atoms with Gasteiger partial charge in [-0.15, -0.1) is 0 Å². The summed E-state index contributed by atoms with van der Waals surface area (Å²) in [5.41, 5.74) is 6.03. The topological polar surface area (TPSA) is 81.4 Å². The van der Waals surface area contributed by atoms with Gasteiger partial charge in [-0.05, 0) is 25.0 Å². The van der Waals surface area contributed by atoms with Gasteiger partial charge in [0.2, 0.25) is 10.0 Å². The average molecular weight is 298 g/mol. The van der Waals surface area contributed by atoms with Crippen LogP contribution in [0.5, 0.6) is 5.75 Å². The van der Waals surface area contributed by atoms with Crippen LogP contribution < -0.4 is 15.2 Å². The van der Waals surface area contributed by atoms with E-state index in [1.165, 1.54) is 32.1 Å². The number of sulfonamides is 1. The minimum absolute atomic E-state index is 0.0176. The lowest BCUT2D eigenvalue weighted by molar-refractivity contribution is 0.414. The lowest BCUT2D eigenvalue weighted by atomic mass is 10.1. The van der Waals surface area contributed by atoms with Crippen molar-refractivity contribution in [2.24, 2.45) is 0 Å². The number of anilines is 1. The number of nitrogens with one attached hydrogen (secondary N) is 1. The predicted octanol–water partition coefficient (Wildman–Crippen LogP) is 2.28. The van der Waals surface area contributed by atoms with E-state index in [1.54, 1.807) is 6.07 Å². The van der Waals surface area contributed by atoms with E-state index < -0.39 is 10.0 Å². The average Bonchev–Trinajstić information content (AvgIpc) is 2.66. The molecule has 0 atom stereocenters. The molecule has 0 saturated heterocycles. The standard InChI is InChI=1S/C14H22N2O3S/c1-19-12-8-9-14(13(15)10-12)20(17,18)16-11-6-4-2-3-5-7-11/h8-11,16H,2-7,15H2,1H3. The van der Waals surface area contributed by atoms with Crippen molar-refractivity contribution in [2.75, 3.05) is 12.8 Å². The molecule has 1 aliphatic carbocycles. The maximum atomic E-state index is 12.4. The van der Waals surface area contributed by atoms with E-state index in [9.17, 15) is 8.42 Å². The molecule has 1 saturated carbocycles. The van der Waals surface area contributed by atoms with Crippen molar-refractivity contribution < 1.29 is 13.2 Å². The zero-order chi connectivity index (χ0) is 14.6. The van der Waals surface area contributed by atoms with Crippen molar-refractivity contribution in [1.82, 2.24) is 4.72 Å². The predicted molar refractivity (Wildman–Crippen MR) is 79.2 cm³/mol. The van der Waals surface area contributed by atoms with Gasteiger partial charge < -0.3 is 10.5 Å². The molecular weight excluding hydrogens is 276 g/mol. The molecule has 0 unspecified atom stereocenters. The third-order valence-corrected chi connectivity index (χ3v) is 5.28. The van der Waals surface area contributed by atoms with E-state index >= 15 is 0 Å². The van der Waals surface area contributed by atoms with Crippen LogP contribution in [-0.4, -0.2) is 21.6 Å². The van der Waals surface area contributed by atoms with E-state index in [0.29, 0.717) is 5.75 Å². The van der Waals surface area contributed by atoms with Crippen molar-refractivity contribution in [2.45, 2.75) is 49.5 Å². The number of nitrogens with two attached hydrogens (primary N) is 1. The van der Waals surface area contributed by atoms with Crippen LogP contribution >= 0.6 is 0 Å². The van der Waals surface area contributed by atoms with E-state index in [-0.39, 0.29) is 16.6 Å². The smallest absolute Gasteiger partial charge is 0.242 e. The molecular formula is C14H22N2O3S. The first kappa shape index (κ1) is 15.1. The second-order valence-electron chi connectivity index (χ2n) is 5.21. The Morgan fingerprint density at radius 2 is 1.85 bits per heavy atom. The quantitative estimate of drug-likeness (QED) is 0.660. The Labute approximate surface area is 120 Å². The number of nitrogen functional groups attached to an aromatic ring is 1.